The van der Waals surface area contributed by atoms with Gasteiger partial charge in [-0.3, -0.25) is 10.1 Å². The molecule has 0 heterocycles. The van der Waals surface area contributed by atoms with Crippen LogP contribution < -0.4 is 5.73 Å². The summed E-state index contributed by atoms with van der Waals surface area (Å²) in [6.45, 7) is 0.383. The molecular formula is C11H15N3O4S. The maximum Gasteiger partial charge on any atom is 0.312 e. The number of anilines is 1. The molecule has 0 unspecified atom stereocenters. The Balaban J connectivity index is 2.44. The van der Waals surface area contributed by atoms with E-state index in [1.807, 2.05) is 0 Å². The Morgan fingerprint density at radius 2 is 2.11 bits per heavy atom. The van der Waals surface area contributed by atoms with Gasteiger partial charge in [0.1, 0.15) is 5.69 Å². The van der Waals surface area contributed by atoms with Crippen molar-refractivity contribution in [3.8, 4) is 0 Å². The molecule has 7 nitrogen and oxygen atoms in total. The number of nitro groups is 1. The van der Waals surface area contributed by atoms with E-state index in [9.17, 15) is 18.5 Å². The predicted octanol–water partition coefficient (Wildman–Crippen LogP) is 1.21. The summed E-state index contributed by atoms with van der Waals surface area (Å²) >= 11 is 0. The average molecular weight is 285 g/mol. The minimum absolute atomic E-state index is 0.147. The largest absolute Gasteiger partial charge is 0.393 e. The maximum atomic E-state index is 12.3. The fraction of sp³-hybridized carbons (Fsp3) is 0.455. The second-order valence-electron chi connectivity index (χ2n) is 4.68. The molecule has 0 saturated heterocycles. The highest BCUT2D eigenvalue weighted by Crippen LogP contribution is 2.34. The Labute approximate surface area is 111 Å². The minimum atomic E-state index is -3.88. The first-order valence-electron chi connectivity index (χ1n) is 5.83. The predicted molar refractivity (Wildman–Crippen MR) is 70.0 cm³/mol. The van der Waals surface area contributed by atoms with Gasteiger partial charge in [-0.1, -0.05) is 6.07 Å². The van der Waals surface area contributed by atoms with Crippen LogP contribution in [0.2, 0.25) is 0 Å². The fourth-order valence-corrected chi connectivity index (χ4v) is 3.30. The standard InChI is InChI=1S/C11H15N3O4S/c1-13(7-8-5-6-8)19(17,18)10-4-2-3-9(12)11(10)14(15)16/h2-4,8H,5-7,12H2,1H3. The van der Waals surface area contributed by atoms with Crippen molar-refractivity contribution < 1.29 is 13.3 Å². The summed E-state index contributed by atoms with van der Waals surface area (Å²) in [5, 5.41) is 11.0. The molecular weight excluding hydrogens is 270 g/mol. The third-order valence-electron chi connectivity index (χ3n) is 3.11. The Morgan fingerprint density at radius 1 is 1.47 bits per heavy atom. The van der Waals surface area contributed by atoms with Crippen molar-refractivity contribution in [1.29, 1.82) is 0 Å². The third-order valence-corrected chi connectivity index (χ3v) is 4.97. The number of nitrogens with zero attached hydrogens (tertiary/aromatic N) is 2. The summed E-state index contributed by atoms with van der Waals surface area (Å²) in [5.41, 5.74) is 4.81. The molecule has 2 rings (SSSR count). The van der Waals surface area contributed by atoms with Gasteiger partial charge in [0.2, 0.25) is 10.0 Å². The number of nitrogen functional groups attached to an aromatic ring is 1. The van der Waals surface area contributed by atoms with Crippen molar-refractivity contribution >= 4 is 21.4 Å². The molecule has 1 aromatic rings. The molecule has 1 aliphatic carbocycles. The molecule has 0 aromatic heterocycles. The summed E-state index contributed by atoms with van der Waals surface area (Å²) in [5.74, 6) is 0.361. The number of nitro benzene ring substituents is 1. The van der Waals surface area contributed by atoms with Gasteiger partial charge in [0.05, 0.1) is 4.92 Å². The lowest BCUT2D eigenvalue weighted by Gasteiger charge is -2.17. The van der Waals surface area contributed by atoms with E-state index in [0.29, 0.717) is 12.5 Å². The van der Waals surface area contributed by atoms with Gasteiger partial charge in [-0.2, -0.15) is 0 Å². The van der Waals surface area contributed by atoms with Gasteiger partial charge in [-0.15, -0.1) is 0 Å². The second kappa shape index (κ2) is 4.78. The SMILES string of the molecule is CN(CC1CC1)S(=O)(=O)c1cccc(N)c1[N+](=O)[O-]. The zero-order valence-electron chi connectivity index (χ0n) is 10.4. The van der Waals surface area contributed by atoms with Crippen molar-refractivity contribution in [2.24, 2.45) is 5.92 Å². The van der Waals surface area contributed by atoms with Crippen LogP contribution in [-0.2, 0) is 10.0 Å². The van der Waals surface area contributed by atoms with E-state index in [0.717, 1.165) is 17.1 Å². The number of benzene rings is 1. The Hall–Kier alpha value is -1.67. The highest BCUT2D eigenvalue weighted by Gasteiger charge is 2.34. The number of hydrogen-bond donors (Lipinski definition) is 1. The zero-order valence-corrected chi connectivity index (χ0v) is 11.3. The number of sulfonamides is 1. The van der Waals surface area contributed by atoms with Crippen LogP contribution in [0.25, 0.3) is 0 Å². The monoisotopic (exact) mass is 285 g/mol. The van der Waals surface area contributed by atoms with Crippen molar-refractivity contribution in [1.82, 2.24) is 4.31 Å². The molecule has 0 spiro atoms. The van der Waals surface area contributed by atoms with Crippen LogP contribution in [0.5, 0.6) is 0 Å². The van der Waals surface area contributed by atoms with Crippen LogP contribution in [0.3, 0.4) is 0 Å². The molecule has 0 atom stereocenters. The molecule has 1 aliphatic rings. The van der Waals surface area contributed by atoms with Crippen molar-refractivity contribution in [2.45, 2.75) is 17.7 Å². The lowest BCUT2D eigenvalue weighted by molar-refractivity contribution is -0.386. The minimum Gasteiger partial charge on any atom is -0.393 e. The summed E-state index contributed by atoms with van der Waals surface area (Å²) in [6.07, 6.45) is 2.00. The van der Waals surface area contributed by atoms with E-state index >= 15 is 0 Å². The number of para-hydroxylation sites is 1. The van der Waals surface area contributed by atoms with Crippen LogP contribution in [0, 0.1) is 16.0 Å². The highest BCUT2D eigenvalue weighted by molar-refractivity contribution is 7.89. The van der Waals surface area contributed by atoms with Gasteiger partial charge in [0.15, 0.2) is 4.90 Å². The maximum absolute atomic E-state index is 12.3. The van der Waals surface area contributed by atoms with Crippen LogP contribution in [0.15, 0.2) is 23.1 Å². The molecule has 1 saturated carbocycles. The van der Waals surface area contributed by atoms with Gasteiger partial charge < -0.3 is 5.73 Å². The normalized spacial score (nSPS) is 15.7. The van der Waals surface area contributed by atoms with Gasteiger partial charge in [0.25, 0.3) is 0 Å². The Bertz CT molecular complexity index is 610. The Kier molecular flexibility index (Phi) is 3.46. The van der Waals surface area contributed by atoms with Gasteiger partial charge in [-0.05, 0) is 30.9 Å². The van der Waals surface area contributed by atoms with Crippen molar-refractivity contribution in [2.75, 3.05) is 19.3 Å². The van der Waals surface area contributed by atoms with Crippen LogP contribution >= 0.6 is 0 Å². The van der Waals surface area contributed by atoms with E-state index < -0.39 is 20.6 Å². The second-order valence-corrected chi connectivity index (χ2v) is 6.69. The van der Waals surface area contributed by atoms with E-state index in [2.05, 4.69) is 0 Å². The summed E-state index contributed by atoms with van der Waals surface area (Å²) in [7, 11) is -2.45. The summed E-state index contributed by atoms with van der Waals surface area (Å²) in [4.78, 5) is 9.89. The van der Waals surface area contributed by atoms with Crippen LogP contribution in [0.4, 0.5) is 11.4 Å². The van der Waals surface area contributed by atoms with E-state index in [-0.39, 0.29) is 10.6 Å². The topological polar surface area (TPSA) is 107 Å². The molecule has 8 heteroatoms. The smallest absolute Gasteiger partial charge is 0.312 e. The van der Waals surface area contributed by atoms with Gasteiger partial charge >= 0.3 is 5.69 Å². The molecule has 0 radical (unpaired) electrons. The Morgan fingerprint density at radius 3 is 2.63 bits per heavy atom. The molecule has 0 amide bonds. The molecule has 0 bridgehead atoms. The molecule has 2 N–H and O–H groups in total. The van der Waals surface area contributed by atoms with E-state index in [1.165, 1.54) is 25.2 Å². The molecule has 104 valence electrons. The van der Waals surface area contributed by atoms with Crippen LogP contribution in [0.1, 0.15) is 12.8 Å². The summed E-state index contributed by atoms with van der Waals surface area (Å²) in [6, 6.07) is 3.94. The van der Waals surface area contributed by atoms with Crippen molar-refractivity contribution in [3.05, 3.63) is 28.3 Å². The third kappa shape index (κ3) is 2.69. The highest BCUT2D eigenvalue weighted by atomic mass is 32.2. The van der Waals surface area contributed by atoms with Crippen molar-refractivity contribution in [3.63, 3.8) is 0 Å². The van der Waals surface area contributed by atoms with Gasteiger partial charge in [-0.25, -0.2) is 12.7 Å². The van der Waals surface area contributed by atoms with E-state index in [4.69, 9.17) is 5.73 Å². The van der Waals surface area contributed by atoms with Crippen LogP contribution in [-0.4, -0.2) is 31.2 Å². The first-order valence-corrected chi connectivity index (χ1v) is 7.27. The molecule has 19 heavy (non-hydrogen) atoms. The van der Waals surface area contributed by atoms with E-state index in [1.54, 1.807) is 0 Å². The molecule has 0 aliphatic heterocycles. The molecule has 1 aromatic carbocycles. The van der Waals surface area contributed by atoms with Gasteiger partial charge in [0, 0.05) is 13.6 Å². The fourth-order valence-electron chi connectivity index (χ4n) is 1.87. The lowest BCUT2D eigenvalue weighted by Crippen LogP contribution is -2.29. The number of hydrogen-bond acceptors (Lipinski definition) is 5. The number of rotatable bonds is 5. The first-order chi connectivity index (χ1) is 8.84. The molecule has 1 fully saturated rings. The summed E-state index contributed by atoms with van der Waals surface area (Å²) < 4.78 is 25.8. The zero-order chi connectivity index (χ0) is 14.2. The average Bonchev–Trinajstić information content (AvgIpc) is 3.11. The first kappa shape index (κ1) is 13.8. The lowest BCUT2D eigenvalue weighted by atomic mass is 10.3. The number of nitrogens with two attached hydrogens (primary N) is 1. The quantitative estimate of drug-likeness (QED) is 0.497.